The van der Waals surface area contributed by atoms with E-state index in [-0.39, 0.29) is 6.42 Å². The molecule has 0 atom stereocenters. The summed E-state index contributed by atoms with van der Waals surface area (Å²) < 4.78 is 2.07. The molecular weight excluding hydrogens is 266 g/mol. The van der Waals surface area contributed by atoms with Gasteiger partial charge in [0.1, 0.15) is 0 Å². The van der Waals surface area contributed by atoms with Crippen LogP contribution < -0.4 is 0 Å². The summed E-state index contributed by atoms with van der Waals surface area (Å²) in [6, 6.07) is 4.20. The summed E-state index contributed by atoms with van der Waals surface area (Å²) >= 11 is 0. The Morgan fingerprint density at radius 2 is 2.00 bits per heavy atom. The lowest BCUT2D eigenvalue weighted by Crippen LogP contribution is -2.12. The minimum Gasteiger partial charge on any atom is -0.481 e. The number of nitrogens with zero attached hydrogens (tertiary/aromatic N) is 3. The molecule has 2 aromatic rings. The molecule has 0 aromatic carbocycles. The molecule has 0 radical (unpaired) electrons. The second-order valence-electron chi connectivity index (χ2n) is 5.61. The second kappa shape index (κ2) is 6.08. The maximum atomic E-state index is 10.6. The molecule has 1 aliphatic rings. The van der Waals surface area contributed by atoms with E-state index in [0.717, 1.165) is 11.1 Å². The number of hydrogen-bond donors (Lipinski definition) is 1. The first-order valence-corrected chi connectivity index (χ1v) is 7.43. The summed E-state index contributed by atoms with van der Waals surface area (Å²) in [6.45, 7) is 0. The lowest BCUT2D eigenvalue weighted by atomic mass is 9.96. The lowest BCUT2D eigenvalue weighted by Gasteiger charge is -2.21. The highest BCUT2D eigenvalue weighted by Gasteiger charge is 2.16. The monoisotopic (exact) mass is 285 g/mol. The summed E-state index contributed by atoms with van der Waals surface area (Å²) in [4.78, 5) is 14.8. The smallest absolute Gasteiger partial charge is 0.309 e. The third-order valence-corrected chi connectivity index (χ3v) is 4.04. The number of carboxylic acid groups (broad SMARTS) is 1. The molecule has 1 fully saturated rings. The number of carbonyl (C=O) groups is 1. The molecule has 0 spiro atoms. The Labute approximate surface area is 123 Å². The van der Waals surface area contributed by atoms with Gasteiger partial charge in [-0.15, -0.1) is 0 Å². The first-order valence-electron chi connectivity index (χ1n) is 7.43. The van der Waals surface area contributed by atoms with Crippen molar-refractivity contribution in [2.45, 2.75) is 44.6 Å². The molecule has 5 heteroatoms. The third kappa shape index (κ3) is 3.29. The van der Waals surface area contributed by atoms with Gasteiger partial charge < -0.3 is 5.11 Å². The van der Waals surface area contributed by atoms with E-state index in [9.17, 15) is 4.79 Å². The predicted octanol–water partition coefficient (Wildman–Crippen LogP) is 3.08. The van der Waals surface area contributed by atoms with Gasteiger partial charge in [-0.3, -0.25) is 14.5 Å². The zero-order valence-electron chi connectivity index (χ0n) is 11.9. The van der Waals surface area contributed by atoms with Crippen LogP contribution in [0.3, 0.4) is 0 Å². The summed E-state index contributed by atoms with van der Waals surface area (Å²) in [5.74, 6) is -0.861. The summed E-state index contributed by atoms with van der Waals surface area (Å²) in [5.41, 5.74) is 2.59. The highest BCUT2D eigenvalue weighted by Crippen LogP contribution is 2.29. The number of aliphatic carboxylic acids is 1. The van der Waals surface area contributed by atoms with Gasteiger partial charge in [-0.05, 0) is 18.9 Å². The molecule has 21 heavy (non-hydrogen) atoms. The predicted molar refractivity (Wildman–Crippen MR) is 78.9 cm³/mol. The third-order valence-electron chi connectivity index (χ3n) is 4.04. The van der Waals surface area contributed by atoms with E-state index in [4.69, 9.17) is 5.11 Å². The van der Waals surface area contributed by atoms with E-state index >= 15 is 0 Å². The molecule has 0 bridgehead atoms. The van der Waals surface area contributed by atoms with E-state index < -0.39 is 5.97 Å². The second-order valence-corrected chi connectivity index (χ2v) is 5.61. The molecule has 3 rings (SSSR count). The molecule has 0 saturated heterocycles. The van der Waals surface area contributed by atoms with E-state index in [2.05, 4.69) is 21.0 Å². The van der Waals surface area contributed by atoms with Crippen molar-refractivity contribution in [1.29, 1.82) is 0 Å². The molecule has 110 valence electrons. The van der Waals surface area contributed by atoms with Crippen LogP contribution in [-0.4, -0.2) is 25.8 Å². The van der Waals surface area contributed by atoms with E-state index in [1.807, 2.05) is 12.3 Å². The van der Waals surface area contributed by atoms with Gasteiger partial charge in [0.15, 0.2) is 0 Å². The topological polar surface area (TPSA) is 68.0 Å². The molecule has 0 amide bonds. The zero-order valence-corrected chi connectivity index (χ0v) is 11.9. The van der Waals surface area contributed by atoms with Crippen molar-refractivity contribution in [1.82, 2.24) is 14.8 Å². The molecule has 2 aromatic heterocycles. The van der Waals surface area contributed by atoms with E-state index in [1.165, 1.54) is 32.1 Å². The molecule has 0 aliphatic heterocycles. The molecule has 5 nitrogen and oxygen atoms in total. The van der Waals surface area contributed by atoms with Crippen molar-refractivity contribution in [3.63, 3.8) is 0 Å². The highest BCUT2D eigenvalue weighted by atomic mass is 16.4. The minimum atomic E-state index is -0.861. The number of aromatic nitrogens is 3. The zero-order chi connectivity index (χ0) is 14.7. The fraction of sp³-hybridized carbons (Fsp3) is 0.438. The first-order chi connectivity index (χ1) is 10.2. The van der Waals surface area contributed by atoms with Gasteiger partial charge in [-0.1, -0.05) is 25.3 Å². The van der Waals surface area contributed by atoms with Crippen molar-refractivity contribution < 1.29 is 9.90 Å². The Morgan fingerprint density at radius 1 is 1.19 bits per heavy atom. The van der Waals surface area contributed by atoms with Gasteiger partial charge in [-0.25, -0.2) is 0 Å². The maximum absolute atomic E-state index is 10.6. The van der Waals surface area contributed by atoms with Gasteiger partial charge >= 0.3 is 5.97 Å². The van der Waals surface area contributed by atoms with Gasteiger partial charge in [-0.2, -0.15) is 5.10 Å². The average molecular weight is 285 g/mol. The lowest BCUT2D eigenvalue weighted by molar-refractivity contribution is -0.136. The molecule has 0 unspecified atom stereocenters. The van der Waals surface area contributed by atoms with Gasteiger partial charge in [0.05, 0.1) is 24.4 Å². The Balaban J connectivity index is 1.74. The molecular formula is C16H19N3O2. The highest BCUT2D eigenvalue weighted by molar-refractivity contribution is 5.70. The minimum absolute atomic E-state index is 0.0401. The first kappa shape index (κ1) is 13.8. The van der Waals surface area contributed by atoms with Crippen molar-refractivity contribution >= 4 is 5.97 Å². The number of carboxylic acids is 1. The number of pyridine rings is 1. The van der Waals surface area contributed by atoms with E-state index in [0.29, 0.717) is 11.7 Å². The summed E-state index contributed by atoms with van der Waals surface area (Å²) in [6.07, 6.45) is 11.9. The molecule has 1 saturated carbocycles. The Kier molecular flexibility index (Phi) is 3.99. The van der Waals surface area contributed by atoms with Crippen molar-refractivity contribution in [3.8, 4) is 11.1 Å². The molecule has 1 aliphatic carbocycles. The fourth-order valence-corrected chi connectivity index (χ4v) is 2.89. The van der Waals surface area contributed by atoms with Crippen LogP contribution in [0.4, 0.5) is 0 Å². The fourth-order valence-electron chi connectivity index (χ4n) is 2.89. The normalized spacial score (nSPS) is 16.0. The van der Waals surface area contributed by atoms with Crippen LogP contribution in [0, 0.1) is 0 Å². The Morgan fingerprint density at radius 3 is 2.67 bits per heavy atom. The Bertz CT molecular complexity index is 613. The van der Waals surface area contributed by atoms with Crippen LogP contribution in [0.1, 0.15) is 43.8 Å². The average Bonchev–Trinajstić information content (AvgIpc) is 2.98. The van der Waals surface area contributed by atoms with Crippen molar-refractivity contribution in [3.05, 3.63) is 36.4 Å². The van der Waals surface area contributed by atoms with Crippen molar-refractivity contribution in [2.75, 3.05) is 0 Å². The van der Waals surface area contributed by atoms with Crippen LogP contribution in [0.2, 0.25) is 0 Å². The van der Waals surface area contributed by atoms with E-state index in [1.54, 1.807) is 12.3 Å². The number of hydrogen-bond acceptors (Lipinski definition) is 3. The van der Waals surface area contributed by atoms with Crippen LogP contribution >= 0.6 is 0 Å². The molecule has 1 N–H and O–H groups in total. The Hall–Kier alpha value is -2.17. The largest absolute Gasteiger partial charge is 0.481 e. The van der Waals surface area contributed by atoms with Crippen LogP contribution in [0.15, 0.2) is 30.7 Å². The number of rotatable bonds is 4. The summed E-state index contributed by atoms with van der Waals surface area (Å²) in [5, 5.41) is 13.2. The quantitative estimate of drug-likeness (QED) is 0.937. The van der Waals surface area contributed by atoms with Crippen LogP contribution in [-0.2, 0) is 11.2 Å². The van der Waals surface area contributed by atoms with Gasteiger partial charge in [0, 0.05) is 23.5 Å². The van der Waals surface area contributed by atoms with Gasteiger partial charge in [0.2, 0.25) is 0 Å². The van der Waals surface area contributed by atoms with Crippen molar-refractivity contribution in [2.24, 2.45) is 0 Å². The van der Waals surface area contributed by atoms with Crippen LogP contribution in [0.25, 0.3) is 11.1 Å². The standard InChI is InChI=1S/C16H19N3O2/c20-16(21)8-14-7-6-12(9-17-14)13-10-18-19(11-13)15-4-2-1-3-5-15/h6-7,9-11,15H,1-5,8H2,(H,20,21). The molecule has 2 heterocycles. The SMILES string of the molecule is O=C(O)Cc1ccc(-c2cnn(C3CCCCC3)c2)cn1. The van der Waals surface area contributed by atoms with Crippen LogP contribution in [0.5, 0.6) is 0 Å². The van der Waals surface area contributed by atoms with Gasteiger partial charge in [0.25, 0.3) is 0 Å². The maximum Gasteiger partial charge on any atom is 0.309 e. The summed E-state index contributed by atoms with van der Waals surface area (Å²) in [7, 11) is 0.